The fraction of sp³-hybridized carbons (Fsp3) is 0.686. The first kappa shape index (κ1) is 50.5. The molecule has 316 valence electrons. The van der Waals surface area contributed by atoms with Crippen LogP contribution in [0.3, 0.4) is 0 Å². The fourth-order valence-corrected chi connectivity index (χ4v) is 5.65. The molecule has 0 aliphatic rings. The highest BCUT2D eigenvalue weighted by Crippen LogP contribution is 2.20. The number of primary amides is 1. The van der Waals surface area contributed by atoms with E-state index in [4.69, 9.17) is 16.6 Å². The molecule has 21 heteroatoms. The van der Waals surface area contributed by atoms with Crippen molar-refractivity contribution in [1.82, 2.24) is 16.0 Å². The fourth-order valence-electron chi connectivity index (χ4n) is 5.65. The highest BCUT2D eigenvalue weighted by molar-refractivity contribution is 5.96. The lowest BCUT2D eigenvalue weighted by molar-refractivity contribution is -0.141. The summed E-state index contributed by atoms with van der Waals surface area (Å²) >= 11 is 0. The van der Waals surface area contributed by atoms with Gasteiger partial charge >= 0.3 is 29.8 Å². The number of aliphatic carboxylic acids is 5. The van der Waals surface area contributed by atoms with Crippen molar-refractivity contribution in [1.29, 1.82) is 0 Å². The predicted molar refractivity (Wildman–Crippen MR) is 192 cm³/mol. The van der Waals surface area contributed by atoms with E-state index in [2.05, 4.69) is 16.0 Å². The Morgan fingerprint density at radius 3 is 1.11 bits per heavy atom. The number of hydrogen-bond acceptors (Lipinski definition) is 12. The minimum absolute atomic E-state index is 0.0910. The number of hydrogen-bond donors (Lipinski definition) is 10. The molecule has 0 unspecified atom stereocenters. The second-order valence-corrected chi connectivity index (χ2v) is 13.4. The van der Waals surface area contributed by atoms with Gasteiger partial charge in [-0.25, -0.2) is 0 Å². The van der Waals surface area contributed by atoms with Crippen molar-refractivity contribution in [3.05, 3.63) is 0 Å². The van der Waals surface area contributed by atoms with Crippen molar-refractivity contribution < 1.29 is 78.3 Å². The third kappa shape index (κ3) is 22.0. The quantitative estimate of drug-likeness (QED) is 0.0376. The number of nitrogens with two attached hydrogens (primary N) is 2. The molecule has 0 radical (unpaired) electrons. The van der Waals surface area contributed by atoms with E-state index < -0.39 is 165 Å². The average molecular weight is 802 g/mol. The van der Waals surface area contributed by atoms with E-state index in [-0.39, 0.29) is 25.7 Å². The maximum absolute atomic E-state index is 13.6. The molecule has 4 amide bonds. The van der Waals surface area contributed by atoms with Gasteiger partial charge in [0.1, 0.15) is 6.04 Å². The Bertz CT molecular complexity index is 1420. The molecule has 0 aromatic carbocycles. The molecule has 56 heavy (non-hydrogen) atoms. The molecule has 0 aliphatic carbocycles. The first-order valence-electron chi connectivity index (χ1n) is 18.3. The van der Waals surface area contributed by atoms with Gasteiger partial charge < -0.3 is 53.0 Å². The van der Waals surface area contributed by atoms with Crippen LogP contribution in [0.2, 0.25) is 0 Å². The molecular weight excluding hydrogens is 746 g/mol. The van der Waals surface area contributed by atoms with Gasteiger partial charge in [-0.05, 0) is 64.3 Å². The topological polar surface area (TPSA) is 377 Å². The standard InChI is InChI=1S/C35H55N5O16/c1-2-19(6-11-27(43)44)33(54)38-22(9-14-30(49)50)25(41)17-20(7-12-28(45)46)34(55)39-23(10-15-31(51)52)26(42)18-21(8-13-29(47)48)35(56)40-24(32(37)53)5-3-4-16-36/h19-24H,2-18,36H2,1H3,(H2,37,53)(H,38,54)(H,39,55)(H,40,56)(H,43,44)(H,45,46)(H,47,48)(H,49,50)(H,51,52)/t19-,20+,21+,22-,23-,24-/m1/s1. The van der Waals surface area contributed by atoms with Crippen LogP contribution in [0, 0.1) is 17.8 Å². The van der Waals surface area contributed by atoms with E-state index >= 15 is 0 Å². The molecule has 0 aromatic rings. The number of nitrogens with one attached hydrogen (secondary N) is 3. The summed E-state index contributed by atoms with van der Waals surface area (Å²) in [7, 11) is 0. The molecule has 0 saturated heterocycles. The Labute approximate surface area is 322 Å². The minimum Gasteiger partial charge on any atom is -0.481 e. The smallest absolute Gasteiger partial charge is 0.303 e. The summed E-state index contributed by atoms with van der Waals surface area (Å²) in [5, 5.41) is 53.3. The molecule has 0 aromatic heterocycles. The van der Waals surface area contributed by atoms with Crippen molar-refractivity contribution >= 4 is 65.0 Å². The Morgan fingerprint density at radius 2 is 0.786 bits per heavy atom. The molecule has 0 rings (SSSR count). The predicted octanol–water partition coefficient (Wildman–Crippen LogP) is -0.444. The maximum Gasteiger partial charge on any atom is 0.303 e. The molecule has 12 N–H and O–H groups in total. The van der Waals surface area contributed by atoms with Crippen LogP contribution in [0.15, 0.2) is 0 Å². The first-order valence-corrected chi connectivity index (χ1v) is 18.3. The van der Waals surface area contributed by atoms with Crippen molar-refractivity contribution in [2.24, 2.45) is 29.2 Å². The Morgan fingerprint density at radius 1 is 0.464 bits per heavy atom. The minimum atomic E-state index is -1.64. The number of carboxylic acids is 5. The Balaban J connectivity index is 6.43. The number of carbonyl (C=O) groups excluding carboxylic acids is 6. The average Bonchev–Trinajstić information content (AvgIpc) is 3.10. The van der Waals surface area contributed by atoms with E-state index in [1.54, 1.807) is 6.92 Å². The summed E-state index contributed by atoms with van der Waals surface area (Å²) in [6, 6.07) is -4.32. The van der Waals surface area contributed by atoms with Crippen molar-refractivity contribution in [2.75, 3.05) is 6.54 Å². The summed E-state index contributed by atoms with van der Waals surface area (Å²) in [5.41, 5.74) is 10.9. The zero-order chi connectivity index (χ0) is 43.0. The molecule has 0 bridgehead atoms. The van der Waals surface area contributed by atoms with Crippen LogP contribution in [-0.2, 0) is 52.7 Å². The van der Waals surface area contributed by atoms with Crippen molar-refractivity contribution in [2.45, 2.75) is 128 Å². The lowest BCUT2D eigenvalue weighted by Crippen LogP contribution is -2.49. The normalized spacial score (nSPS) is 14.1. The summed E-state index contributed by atoms with van der Waals surface area (Å²) in [6.07, 6.45) is -5.23. The summed E-state index contributed by atoms with van der Waals surface area (Å²) < 4.78 is 0. The van der Waals surface area contributed by atoms with Crippen LogP contribution in [0.4, 0.5) is 0 Å². The number of carboxylic acid groups (broad SMARTS) is 5. The van der Waals surface area contributed by atoms with Gasteiger partial charge in [-0.15, -0.1) is 0 Å². The third-order valence-corrected chi connectivity index (χ3v) is 8.93. The SMILES string of the molecule is CC[C@H](CCC(=O)O)C(=O)N[C@H](CCC(=O)O)C(=O)C[C@H](CCC(=O)O)C(=O)N[C@H](CCC(=O)O)C(=O)C[C@H](CCC(=O)O)C(=O)N[C@H](CCCCN)C(N)=O. The lowest BCUT2D eigenvalue weighted by atomic mass is 9.89. The molecule has 0 spiro atoms. The first-order chi connectivity index (χ1) is 26.2. The van der Waals surface area contributed by atoms with Crippen LogP contribution in [0.5, 0.6) is 0 Å². The lowest BCUT2D eigenvalue weighted by Gasteiger charge is -2.25. The number of unbranched alkanes of at least 4 members (excludes halogenated alkanes) is 1. The van der Waals surface area contributed by atoms with Crippen LogP contribution in [-0.4, -0.2) is 115 Å². The number of Topliss-reactive ketones (excluding diaryl/α,β-unsaturated/α-hetero) is 2. The maximum atomic E-state index is 13.6. The number of ketones is 2. The zero-order valence-corrected chi connectivity index (χ0v) is 31.4. The van der Waals surface area contributed by atoms with E-state index in [1.807, 2.05) is 0 Å². The second-order valence-electron chi connectivity index (χ2n) is 13.4. The van der Waals surface area contributed by atoms with Gasteiger partial charge in [-0.2, -0.15) is 0 Å². The van der Waals surface area contributed by atoms with Gasteiger partial charge in [0.2, 0.25) is 23.6 Å². The highest BCUT2D eigenvalue weighted by atomic mass is 16.4. The van der Waals surface area contributed by atoms with Gasteiger partial charge in [0.25, 0.3) is 0 Å². The molecule has 0 saturated carbocycles. The molecule has 6 atom stereocenters. The monoisotopic (exact) mass is 801 g/mol. The third-order valence-electron chi connectivity index (χ3n) is 8.93. The number of carbonyl (C=O) groups is 11. The van der Waals surface area contributed by atoms with Crippen molar-refractivity contribution in [3.8, 4) is 0 Å². The second kappa shape index (κ2) is 27.2. The van der Waals surface area contributed by atoms with E-state index in [1.165, 1.54) is 0 Å². The van der Waals surface area contributed by atoms with Gasteiger partial charge in [0, 0.05) is 62.7 Å². The Kier molecular flexibility index (Phi) is 24.5. The van der Waals surface area contributed by atoms with Gasteiger partial charge in [0.05, 0.1) is 12.1 Å². The summed E-state index contributed by atoms with van der Waals surface area (Å²) in [6.45, 7) is 1.89. The van der Waals surface area contributed by atoms with Gasteiger partial charge in [-0.3, -0.25) is 52.7 Å². The van der Waals surface area contributed by atoms with E-state index in [0.717, 1.165) is 0 Å². The van der Waals surface area contributed by atoms with Gasteiger partial charge in [0.15, 0.2) is 11.6 Å². The zero-order valence-electron chi connectivity index (χ0n) is 31.4. The van der Waals surface area contributed by atoms with Crippen molar-refractivity contribution in [3.63, 3.8) is 0 Å². The Hall–Kier alpha value is -5.47. The molecule has 0 heterocycles. The van der Waals surface area contributed by atoms with E-state index in [0.29, 0.717) is 19.4 Å². The van der Waals surface area contributed by atoms with Crippen LogP contribution in [0.25, 0.3) is 0 Å². The van der Waals surface area contributed by atoms with Crippen LogP contribution in [0.1, 0.15) is 110 Å². The molecule has 21 nitrogen and oxygen atoms in total. The largest absolute Gasteiger partial charge is 0.481 e. The molecular formula is C35H55N5O16. The number of rotatable bonds is 33. The molecule has 0 aliphatic heterocycles. The highest BCUT2D eigenvalue weighted by Gasteiger charge is 2.34. The van der Waals surface area contributed by atoms with Crippen LogP contribution < -0.4 is 27.4 Å². The van der Waals surface area contributed by atoms with Gasteiger partial charge in [-0.1, -0.05) is 6.92 Å². The summed E-state index contributed by atoms with van der Waals surface area (Å²) in [4.78, 5) is 136. The van der Waals surface area contributed by atoms with Crippen LogP contribution >= 0.6 is 0 Å². The van der Waals surface area contributed by atoms with E-state index in [9.17, 15) is 73.2 Å². The molecule has 0 fully saturated rings. The number of amides is 4. The summed E-state index contributed by atoms with van der Waals surface area (Å²) in [5.74, 6) is -15.8.